The quantitative estimate of drug-likeness (QED) is 0.220. The Morgan fingerprint density at radius 2 is 1.87 bits per heavy atom. The molecule has 4 N–H and O–H groups in total. The number of anilines is 1. The molecule has 8 nitrogen and oxygen atoms in total. The van der Waals surface area contributed by atoms with Crippen LogP contribution in [-0.2, 0) is 4.79 Å². The number of methoxy groups -OCH3 is 1. The van der Waals surface area contributed by atoms with Gasteiger partial charge in [0.2, 0.25) is 5.91 Å². The zero-order valence-electron chi connectivity index (χ0n) is 21.9. The summed E-state index contributed by atoms with van der Waals surface area (Å²) in [6, 6.07) is 21.4. The first-order chi connectivity index (χ1) is 18.3. The topological polar surface area (TPSA) is 122 Å². The van der Waals surface area contributed by atoms with E-state index in [9.17, 15) is 9.82 Å². The first-order valence-electron chi connectivity index (χ1n) is 12.0. The minimum absolute atomic E-state index is 0.0394. The third-order valence-electron chi connectivity index (χ3n) is 5.49. The Morgan fingerprint density at radius 1 is 1.13 bits per heavy atom. The summed E-state index contributed by atoms with van der Waals surface area (Å²) in [5.74, 6) is 1.26. The molecule has 4 rings (SSSR count). The number of rotatable bonds is 6. The number of ether oxygens (including phenoxy) is 1. The van der Waals surface area contributed by atoms with E-state index in [0.29, 0.717) is 5.75 Å². The molecule has 1 amide bonds. The van der Waals surface area contributed by atoms with Crippen molar-refractivity contribution in [2.75, 3.05) is 25.1 Å². The third-order valence-corrected chi connectivity index (χ3v) is 6.49. The lowest BCUT2D eigenvalue weighted by Gasteiger charge is -2.24. The predicted octanol–water partition coefficient (Wildman–Crippen LogP) is 3.86. The van der Waals surface area contributed by atoms with Gasteiger partial charge >= 0.3 is 7.48 Å². The second kappa shape index (κ2) is 13.6. The molecule has 0 saturated carbocycles. The van der Waals surface area contributed by atoms with Gasteiger partial charge in [0, 0.05) is 34.4 Å². The van der Waals surface area contributed by atoms with E-state index in [0.717, 1.165) is 51.8 Å². The Labute approximate surface area is 228 Å². The normalized spacial score (nSPS) is 12.3. The van der Waals surface area contributed by atoms with Crippen LogP contribution in [0.5, 0.6) is 5.75 Å². The van der Waals surface area contributed by atoms with E-state index in [1.807, 2.05) is 73.7 Å². The molecule has 0 spiro atoms. The van der Waals surface area contributed by atoms with Crippen molar-refractivity contribution in [3.63, 3.8) is 0 Å². The molecule has 195 valence electrons. The summed E-state index contributed by atoms with van der Waals surface area (Å²) in [6.07, 6.45) is 0. The van der Waals surface area contributed by atoms with Crippen molar-refractivity contribution in [2.24, 2.45) is 4.99 Å². The summed E-state index contributed by atoms with van der Waals surface area (Å²) in [5.41, 5.74) is 4.03. The van der Waals surface area contributed by atoms with Crippen LogP contribution in [0.3, 0.4) is 0 Å². The van der Waals surface area contributed by atoms with Crippen molar-refractivity contribution in [2.45, 2.75) is 30.6 Å². The summed E-state index contributed by atoms with van der Waals surface area (Å²) >= 11 is 1.61. The van der Waals surface area contributed by atoms with Gasteiger partial charge in [0.25, 0.3) is 0 Å². The van der Waals surface area contributed by atoms with Crippen LogP contribution in [0.15, 0.2) is 81.5 Å². The molecule has 1 radical (unpaired) electrons. The van der Waals surface area contributed by atoms with Gasteiger partial charge in [-0.2, -0.15) is 0 Å². The summed E-state index contributed by atoms with van der Waals surface area (Å²) in [7, 11) is 2.71. The molecule has 1 aliphatic heterocycles. The highest BCUT2D eigenvalue weighted by molar-refractivity contribution is 7.99. The third kappa shape index (κ3) is 7.33. The van der Waals surface area contributed by atoms with Crippen LogP contribution in [0.4, 0.5) is 5.69 Å². The highest BCUT2D eigenvalue weighted by atomic mass is 32.2. The number of nitrogens with one attached hydrogen (secondary N) is 3. The Bertz CT molecular complexity index is 1340. The lowest BCUT2D eigenvalue weighted by atomic mass is 9.89. The number of benzodiazepines with no additional fused rings is 1. The zero-order chi connectivity index (χ0) is 27.7. The van der Waals surface area contributed by atoms with Crippen LogP contribution >= 0.6 is 11.8 Å². The molecule has 0 aromatic heterocycles. The molecule has 3 aromatic rings. The van der Waals surface area contributed by atoms with E-state index >= 15 is 0 Å². The number of nitrogens with zero attached hydrogens (tertiary/aromatic N) is 2. The van der Waals surface area contributed by atoms with E-state index in [-0.39, 0.29) is 24.1 Å². The summed E-state index contributed by atoms with van der Waals surface area (Å²) in [5, 5.41) is 28.4. The van der Waals surface area contributed by atoms with Crippen molar-refractivity contribution in [3.05, 3.63) is 77.9 Å². The van der Waals surface area contributed by atoms with Gasteiger partial charge in [-0.3, -0.25) is 25.5 Å². The average molecular weight is 528 g/mol. The van der Waals surface area contributed by atoms with Crippen LogP contribution in [0.1, 0.15) is 31.9 Å². The standard InChI is InChI=1S/C24H22BN4O2S.C4H9NO/c1-15(26)29-22-11-8-18(31-2)13-21(22)24(28-14-23(29)27)16-6-9-19(10-7-16)32-20-5-3-4-17(12-20)25-30;1-3-5-4(2)6/h3-13,26-27,30H,14H2,1-2H3;3H2,1-2H3,(H,5,6). The minimum atomic E-state index is 0.0394. The van der Waals surface area contributed by atoms with Gasteiger partial charge in [0.15, 0.2) is 0 Å². The van der Waals surface area contributed by atoms with Crippen molar-refractivity contribution in [1.82, 2.24) is 5.32 Å². The first kappa shape index (κ1) is 28.7. The molecule has 3 aromatic carbocycles. The second-order valence-electron chi connectivity index (χ2n) is 8.33. The smallest absolute Gasteiger partial charge is 0.326 e. The van der Waals surface area contributed by atoms with Crippen LogP contribution in [0.2, 0.25) is 0 Å². The number of benzene rings is 3. The van der Waals surface area contributed by atoms with Crippen LogP contribution in [0.25, 0.3) is 0 Å². The van der Waals surface area contributed by atoms with Gasteiger partial charge in [-0.15, -0.1) is 0 Å². The maximum atomic E-state index is 9.93. The van der Waals surface area contributed by atoms with Crippen LogP contribution < -0.4 is 20.4 Å². The Kier molecular flexibility index (Phi) is 10.3. The van der Waals surface area contributed by atoms with Crippen molar-refractivity contribution < 1.29 is 14.6 Å². The molecule has 1 aliphatic rings. The first-order valence-corrected chi connectivity index (χ1v) is 12.8. The zero-order valence-corrected chi connectivity index (χ0v) is 22.7. The van der Waals surface area contributed by atoms with Crippen molar-refractivity contribution in [1.29, 1.82) is 10.8 Å². The average Bonchev–Trinajstić information content (AvgIpc) is 3.05. The number of hydrogen-bond donors (Lipinski definition) is 4. The van der Waals surface area contributed by atoms with Crippen LogP contribution in [-0.4, -0.2) is 56.0 Å². The Balaban J connectivity index is 0.000000599. The number of fused-ring (bicyclic) bond motifs is 1. The molecule has 0 fully saturated rings. The highest BCUT2D eigenvalue weighted by Gasteiger charge is 2.25. The maximum absolute atomic E-state index is 9.93. The number of carbonyl (C=O) groups is 1. The number of amides is 1. The van der Waals surface area contributed by atoms with Crippen molar-refractivity contribution in [3.8, 4) is 5.75 Å². The SMILES string of the molecule is CCNC(C)=O.COc1ccc2c(c1)C(c1ccc(Sc3cccc([B]O)c3)cc1)=NCC(=N)N2C(C)=N. The van der Waals surface area contributed by atoms with Crippen molar-refractivity contribution >= 4 is 53.7 Å². The number of amidine groups is 2. The van der Waals surface area contributed by atoms with Gasteiger partial charge in [0.05, 0.1) is 25.1 Å². The lowest BCUT2D eigenvalue weighted by Crippen LogP contribution is -2.35. The van der Waals surface area contributed by atoms with Gasteiger partial charge in [-0.05, 0) is 50.2 Å². The lowest BCUT2D eigenvalue weighted by molar-refractivity contribution is -0.118. The fourth-order valence-electron chi connectivity index (χ4n) is 3.84. The molecule has 0 aliphatic carbocycles. The second-order valence-corrected chi connectivity index (χ2v) is 9.48. The van der Waals surface area contributed by atoms with E-state index in [2.05, 4.69) is 5.32 Å². The van der Waals surface area contributed by atoms with Crippen LogP contribution in [0, 0.1) is 10.8 Å². The molecule has 0 unspecified atom stereocenters. The van der Waals surface area contributed by atoms with E-state index in [1.165, 1.54) is 6.92 Å². The van der Waals surface area contributed by atoms with Gasteiger partial charge in [0.1, 0.15) is 17.4 Å². The monoisotopic (exact) mass is 528 g/mol. The summed E-state index contributed by atoms with van der Waals surface area (Å²) in [6.45, 7) is 5.98. The Hall–Kier alpha value is -3.89. The molecule has 38 heavy (non-hydrogen) atoms. The fourth-order valence-corrected chi connectivity index (χ4v) is 4.72. The molecular formula is C28H31BN5O3S. The molecule has 0 bridgehead atoms. The number of carbonyl (C=O) groups excluding carboxylic acids is 1. The number of hydrogen-bond acceptors (Lipinski definition) is 7. The van der Waals surface area contributed by atoms with E-state index in [1.54, 1.807) is 30.7 Å². The van der Waals surface area contributed by atoms with E-state index < -0.39 is 0 Å². The van der Waals surface area contributed by atoms with Gasteiger partial charge in [-0.1, -0.05) is 47.6 Å². The molecule has 1 heterocycles. The van der Waals surface area contributed by atoms with Gasteiger partial charge < -0.3 is 15.1 Å². The summed E-state index contributed by atoms with van der Waals surface area (Å²) in [4.78, 5) is 18.4. The summed E-state index contributed by atoms with van der Waals surface area (Å²) < 4.78 is 5.43. The fraction of sp³-hybridized carbons (Fsp3) is 0.214. The largest absolute Gasteiger partial charge is 0.497 e. The molecule has 0 atom stereocenters. The molecule has 0 saturated heterocycles. The highest BCUT2D eigenvalue weighted by Crippen LogP contribution is 2.32. The predicted molar refractivity (Wildman–Crippen MR) is 156 cm³/mol. The number of aliphatic imine (C=N–C) groups is 1. The minimum Gasteiger partial charge on any atom is -0.497 e. The molecule has 10 heteroatoms. The Morgan fingerprint density at radius 3 is 2.45 bits per heavy atom. The van der Waals surface area contributed by atoms with E-state index in [4.69, 9.17) is 20.5 Å². The maximum Gasteiger partial charge on any atom is 0.326 e. The van der Waals surface area contributed by atoms with Gasteiger partial charge in [-0.25, -0.2) is 0 Å². The molecular weight excluding hydrogens is 497 g/mol.